The molecule has 2 rings (SSSR count). The lowest BCUT2D eigenvalue weighted by atomic mass is 10.3. The van der Waals surface area contributed by atoms with Gasteiger partial charge in [0.25, 0.3) is 0 Å². The third kappa shape index (κ3) is 3.59. The molecule has 5 nitrogen and oxygen atoms in total. The quantitative estimate of drug-likeness (QED) is 0.911. The number of carboxylic acid groups (broad SMARTS) is 1. The number of anilines is 2. The first kappa shape index (κ1) is 13.6. The van der Waals surface area contributed by atoms with Crippen LogP contribution in [0.4, 0.5) is 10.8 Å². The summed E-state index contributed by atoms with van der Waals surface area (Å²) in [5, 5.41) is 16.2. The predicted molar refractivity (Wildman–Crippen MR) is 72.1 cm³/mol. The molecule has 0 aliphatic rings. The van der Waals surface area contributed by atoms with Crippen LogP contribution >= 0.6 is 22.9 Å². The number of aliphatic carboxylic acids is 1. The fraction of sp³-hybridized carbons (Fsp3) is 0.167. The Morgan fingerprint density at radius 2 is 2.37 bits per heavy atom. The largest absolute Gasteiger partial charge is 0.550 e. The van der Waals surface area contributed by atoms with Gasteiger partial charge in [-0.3, -0.25) is 0 Å². The number of benzene rings is 1. The summed E-state index contributed by atoms with van der Waals surface area (Å²) >= 11 is 7.32. The predicted octanol–water partition coefficient (Wildman–Crippen LogP) is 1.84. The van der Waals surface area contributed by atoms with Crippen molar-refractivity contribution in [2.24, 2.45) is 0 Å². The van der Waals surface area contributed by atoms with E-state index in [0.29, 0.717) is 21.6 Å². The number of thiazole rings is 1. The smallest absolute Gasteiger partial charge is 0.187 e. The Labute approximate surface area is 118 Å². The molecule has 1 N–H and O–H groups in total. The number of nitrogens with zero attached hydrogens (tertiary/aromatic N) is 1. The molecule has 0 saturated heterocycles. The van der Waals surface area contributed by atoms with Crippen LogP contribution in [0.2, 0.25) is 5.02 Å². The summed E-state index contributed by atoms with van der Waals surface area (Å²) in [6.45, 7) is 0. The van der Waals surface area contributed by atoms with Gasteiger partial charge in [-0.2, -0.15) is 0 Å². The van der Waals surface area contributed by atoms with Crippen LogP contribution in [0.1, 0.15) is 5.69 Å². The Bertz CT molecular complexity index is 600. The van der Waals surface area contributed by atoms with Crippen LogP contribution in [-0.2, 0) is 11.2 Å². The minimum atomic E-state index is -1.15. The first-order valence-electron chi connectivity index (χ1n) is 5.33. The number of carboxylic acids is 1. The van der Waals surface area contributed by atoms with E-state index in [0.717, 1.165) is 5.69 Å². The van der Waals surface area contributed by atoms with Crippen molar-refractivity contribution in [3.63, 3.8) is 0 Å². The molecule has 0 unspecified atom stereocenters. The van der Waals surface area contributed by atoms with Crippen LogP contribution in [0.25, 0.3) is 0 Å². The van der Waals surface area contributed by atoms with E-state index in [-0.39, 0.29) is 6.42 Å². The Morgan fingerprint density at radius 1 is 1.58 bits per heavy atom. The maximum Gasteiger partial charge on any atom is 0.187 e. The summed E-state index contributed by atoms with van der Waals surface area (Å²) in [7, 11) is 1.54. The summed E-state index contributed by atoms with van der Waals surface area (Å²) in [5.41, 5.74) is 1.22. The molecule has 0 bridgehead atoms. The number of aromatic nitrogens is 1. The van der Waals surface area contributed by atoms with Crippen LogP contribution in [0.5, 0.6) is 5.75 Å². The van der Waals surface area contributed by atoms with E-state index in [1.54, 1.807) is 30.7 Å². The average molecular weight is 298 g/mol. The molecule has 1 aromatic carbocycles. The number of nitrogens with one attached hydrogen (secondary N) is 1. The summed E-state index contributed by atoms with van der Waals surface area (Å²) < 4.78 is 5.05. The number of ether oxygens (including phenoxy) is 1. The number of hydrogen-bond acceptors (Lipinski definition) is 6. The number of methoxy groups -OCH3 is 1. The van der Waals surface area contributed by atoms with Gasteiger partial charge >= 0.3 is 0 Å². The van der Waals surface area contributed by atoms with Crippen molar-refractivity contribution in [1.29, 1.82) is 0 Å². The van der Waals surface area contributed by atoms with Gasteiger partial charge in [-0.05, 0) is 18.2 Å². The van der Waals surface area contributed by atoms with Gasteiger partial charge in [-0.1, -0.05) is 11.6 Å². The number of rotatable bonds is 5. The minimum Gasteiger partial charge on any atom is -0.550 e. The molecule has 1 aromatic heterocycles. The number of carbonyl (C=O) groups excluding carboxylic acids is 1. The molecule has 0 saturated carbocycles. The fourth-order valence-electron chi connectivity index (χ4n) is 1.46. The van der Waals surface area contributed by atoms with E-state index in [9.17, 15) is 9.90 Å². The van der Waals surface area contributed by atoms with E-state index in [1.165, 1.54) is 11.3 Å². The van der Waals surface area contributed by atoms with Crippen molar-refractivity contribution in [2.45, 2.75) is 6.42 Å². The summed E-state index contributed by atoms with van der Waals surface area (Å²) in [4.78, 5) is 14.6. The van der Waals surface area contributed by atoms with Crippen molar-refractivity contribution in [3.05, 3.63) is 34.3 Å². The van der Waals surface area contributed by atoms with Crippen LogP contribution in [0.3, 0.4) is 0 Å². The van der Waals surface area contributed by atoms with Crippen molar-refractivity contribution >= 4 is 39.7 Å². The van der Waals surface area contributed by atoms with Gasteiger partial charge < -0.3 is 20.0 Å². The lowest BCUT2D eigenvalue weighted by Gasteiger charge is -2.06. The highest BCUT2D eigenvalue weighted by atomic mass is 35.5. The maximum absolute atomic E-state index is 10.5. The van der Waals surface area contributed by atoms with Crippen LogP contribution in [-0.4, -0.2) is 18.1 Å². The molecule has 7 heteroatoms. The third-order valence-electron chi connectivity index (χ3n) is 2.28. The normalized spacial score (nSPS) is 10.2. The molecule has 2 aromatic rings. The second-order valence-corrected chi connectivity index (χ2v) is 4.93. The zero-order valence-electron chi connectivity index (χ0n) is 9.97. The average Bonchev–Trinajstić information content (AvgIpc) is 2.76. The number of carbonyl (C=O) groups is 1. The van der Waals surface area contributed by atoms with Gasteiger partial charge in [-0.25, -0.2) is 4.98 Å². The monoisotopic (exact) mass is 297 g/mol. The molecular formula is C12H10ClN2O3S-. The van der Waals surface area contributed by atoms with E-state index in [2.05, 4.69) is 10.3 Å². The summed E-state index contributed by atoms with van der Waals surface area (Å²) in [6.07, 6.45) is -0.193. The second kappa shape index (κ2) is 5.90. The number of halogens is 1. The van der Waals surface area contributed by atoms with E-state index < -0.39 is 5.97 Å². The molecule has 1 heterocycles. The van der Waals surface area contributed by atoms with E-state index in [1.807, 2.05) is 0 Å². The standard InChI is InChI=1S/C12H11ClN2O3S/c1-18-10-3-2-7(4-9(10)13)14-12-15-8(6-19-12)5-11(16)17/h2-4,6H,5H2,1H3,(H,14,15)(H,16,17)/p-1. The molecule has 0 atom stereocenters. The zero-order chi connectivity index (χ0) is 13.8. The van der Waals surface area contributed by atoms with Crippen LogP contribution < -0.4 is 15.2 Å². The molecule has 0 fully saturated rings. The van der Waals surface area contributed by atoms with Gasteiger partial charge in [0.05, 0.1) is 17.8 Å². The lowest BCUT2D eigenvalue weighted by molar-refractivity contribution is -0.304. The second-order valence-electron chi connectivity index (χ2n) is 3.67. The highest BCUT2D eigenvalue weighted by Crippen LogP contribution is 2.29. The SMILES string of the molecule is COc1ccc(Nc2nc(CC(=O)[O-])cs2)cc1Cl. The van der Waals surface area contributed by atoms with Crippen LogP contribution in [0.15, 0.2) is 23.6 Å². The van der Waals surface area contributed by atoms with Crippen molar-refractivity contribution in [2.75, 3.05) is 12.4 Å². The molecule has 0 radical (unpaired) electrons. The Balaban J connectivity index is 2.10. The van der Waals surface area contributed by atoms with Crippen molar-refractivity contribution in [3.8, 4) is 5.75 Å². The maximum atomic E-state index is 10.5. The van der Waals surface area contributed by atoms with Crippen LogP contribution in [0, 0.1) is 0 Å². The Morgan fingerprint density at radius 3 is 3.00 bits per heavy atom. The fourth-order valence-corrected chi connectivity index (χ4v) is 2.45. The zero-order valence-corrected chi connectivity index (χ0v) is 11.5. The molecule has 100 valence electrons. The van der Waals surface area contributed by atoms with Crippen molar-refractivity contribution < 1.29 is 14.6 Å². The minimum absolute atomic E-state index is 0.193. The first-order chi connectivity index (χ1) is 9.08. The summed E-state index contributed by atoms with van der Waals surface area (Å²) in [5.74, 6) is -0.562. The van der Waals surface area contributed by atoms with Gasteiger partial charge in [0, 0.05) is 23.5 Å². The van der Waals surface area contributed by atoms with Gasteiger partial charge in [0.15, 0.2) is 5.13 Å². The van der Waals surface area contributed by atoms with E-state index >= 15 is 0 Å². The molecular weight excluding hydrogens is 288 g/mol. The number of hydrogen-bond donors (Lipinski definition) is 1. The highest BCUT2D eigenvalue weighted by Gasteiger charge is 2.05. The molecule has 0 aliphatic heterocycles. The molecule has 0 aliphatic carbocycles. The van der Waals surface area contributed by atoms with Crippen molar-refractivity contribution in [1.82, 2.24) is 4.98 Å². The topological polar surface area (TPSA) is 74.3 Å². The van der Waals surface area contributed by atoms with Gasteiger partial charge in [0.2, 0.25) is 0 Å². The first-order valence-corrected chi connectivity index (χ1v) is 6.59. The third-order valence-corrected chi connectivity index (χ3v) is 3.38. The molecule has 0 spiro atoms. The van der Waals surface area contributed by atoms with Gasteiger partial charge in [-0.15, -0.1) is 11.3 Å². The van der Waals surface area contributed by atoms with E-state index in [4.69, 9.17) is 16.3 Å². The summed E-state index contributed by atoms with van der Waals surface area (Å²) in [6, 6.07) is 5.24. The molecule has 19 heavy (non-hydrogen) atoms. The van der Waals surface area contributed by atoms with Gasteiger partial charge in [0.1, 0.15) is 5.75 Å². The molecule has 0 amide bonds. The Hall–Kier alpha value is -1.79. The lowest BCUT2D eigenvalue weighted by Crippen LogP contribution is -2.24. The Kier molecular flexibility index (Phi) is 4.24. The highest BCUT2D eigenvalue weighted by molar-refractivity contribution is 7.13.